The third-order valence-corrected chi connectivity index (χ3v) is 5.47. The van der Waals surface area contributed by atoms with Gasteiger partial charge in [0.05, 0.1) is 9.82 Å². The summed E-state index contributed by atoms with van der Waals surface area (Å²) in [4.78, 5) is 10.2. The molecule has 6 nitrogen and oxygen atoms in total. The van der Waals surface area contributed by atoms with Crippen molar-refractivity contribution in [3.8, 4) is 0 Å². The Balaban J connectivity index is 2.38. The first-order valence-electron chi connectivity index (χ1n) is 7.58. The summed E-state index contributed by atoms with van der Waals surface area (Å²) in [5.74, 6) is 0. The zero-order valence-corrected chi connectivity index (χ0v) is 14.6. The molecule has 0 amide bonds. The molecule has 0 aliphatic carbocycles. The Hall–Kier alpha value is -2.25. The lowest BCUT2D eigenvalue weighted by Crippen LogP contribution is -2.29. The van der Waals surface area contributed by atoms with Crippen LogP contribution in [-0.2, 0) is 10.0 Å². The summed E-state index contributed by atoms with van der Waals surface area (Å²) >= 11 is 0. The SMILES string of the molecule is CCC(NS(=O)(=O)c1cc([N+](=O)[O-])ccc1C)c1ccc(C)cc1. The molecule has 24 heavy (non-hydrogen) atoms. The van der Waals surface area contributed by atoms with Crippen LogP contribution in [0.1, 0.15) is 36.1 Å². The molecule has 1 atom stereocenters. The van der Waals surface area contributed by atoms with Crippen LogP contribution >= 0.6 is 0 Å². The van der Waals surface area contributed by atoms with Crippen molar-refractivity contribution in [2.24, 2.45) is 0 Å². The van der Waals surface area contributed by atoms with Crippen LogP contribution in [0.2, 0.25) is 0 Å². The van der Waals surface area contributed by atoms with E-state index in [0.717, 1.165) is 17.2 Å². The van der Waals surface area contributed by atoms with Crippen LogP contribution in [0.25, 0.3) is 0 Å². The van der Waals surface area contributed by atoms with Crippen molar-refractivity contribution >= 4 is 15.7 Å². The minimum atomic E-state index is -3.87. The number of aryl methyl sites for hydroxylation is 2. The summed E-state index contributed by atoms with van der Waals surface area (Å²) in [7, 11) is -3.87. The van der Waals surface area contributed by atoms with Crippen LogP contribution in [0.15, 0.2) is 47.4 Å². The second-order valence-electron chi connectivity index (χ2n) is 5.70. The maximum atomic E-state index is 12.7. The quantitative estimate of drug-likeness (QED) is 0.637. The fourth-order valence-corrected chi connectivity index (χ4v) is 4.00. The van der Waals surface area contributed by atoms with Gasteiger partial charge in [-0.25, -0.2) is 13.1 Å². The molecule has 0 saturated heterocycles. The van der Waals surface area contributed by atoms with Crippen molar-refractivity contribution in [2.75, 3.05) is 0 Å². The first-order chi connectivity index (χ1) is 11.2. The van der Waals surface area contributed by atoms with Gasteiger partial charge in [-0.05, 0) is 31.4 Å². The molecule has 1 N–H and O–H groups in total. The summed E-state index contributed by atoms with van der Waals surface area (Å²) < 4.78 is 28.1. The second kappa shape index (κ2) is 7.11. The van der Waals surface area contributed by atoms with Crippen molar-refractivity contribution in [3.05, 3.63) is 69.3 Å². The number of rotatable bonds is 6. The van der Waals surface area contributed by atoms with E-state index in [4.69, 9.17) is 0 Å². The van der Waals surface area contributed by atoms with Gasteiger partial charge < -0.3 is 0 Å². The molecular formula is C17H20N2O4S. The van der Waals surface area contributed by atoms with Gasteiger partial charge in [0.2, 0.25) is 10.0 Å². The number of nitro groups is 1. The summed E-state index contributed by atoms with van der Waals surface area (Å²) in [5.41, 5.74) is 2.16. The maximum absolute atomic E-state index is 12.7. The molecular weight excluding hydrogens is 328 g/mol. The number of hydrogen-bond acceptors (Lipinski definition) is 4. The molecule has 0 spiro atoms. The lowest BCUT2D eigenvalue weighted by molar-refractivity contribution is -0.385. The van der Waals surface area contributed by atoms with E-state index >= 15 is 0 Å². The van der Waals surface area contributed by atoms with Gasteiger partial charge in [0.1, 0.15) is 0 Å². The molecule has 0 fully saturated rings. The topological polar surface area (TPSA) is 89.3 Å². The summed E-state index contributed by atoms with van der Waals surface area (Å²) in [6, 6.07) is 11.0. The molecule has 0 aromatic heterocycles. The molecule has 1 unspecified atom stereocenters. The molecule has 0 aliphatic rings. The highest BCUT2D eigenvalue weighted by Crippen LogP contribution is 2.25. The van der Waals surface area contributed by atoms with E-state index in [2.05, 4.69) is 4.72 Å². The number of nitrogens with one attached hydrogen (secondary N) is 1. The molecule has 0 heterocycles. The third-order valence-electron chi connectivity index (χ3n) is 3.86. The number of nitro benzene ring substituents is 1. The number of nitrogens with zero attached hydrogens (tertiary/aromatic N) is 1. The number of hydrogen-bond donors (Lipinski definition) is 1. The third kappa shape index (κ3) is 3.98. The highest BCUT2D eigenvalue weighted by Gasteiger charge is 2.24. The van der Waals surface area contributed by atoms with Crippen molar-refractivity contribution in [1.82, 2.24) is 4.72 Å². The van der Waals surface area contributed by atoms with E-state index in [0.29, 0.717) is 12.0 Å². The first kappa shape index (κ1) is 18.1. The van der Waals surface area contributed by atoms with Crippen molar-refractivity contribution in [2.45, 2.75) is 38.1 Å². The van der Waals surface area contributed by atoms with Crippen LogP contribution in [0.4, 0.5) is 5.69 Å². The minimum absolute atomic E-state index is 0.0674. The monoisotopic (exact) mass is 348 g/mol. The van der Waals surface area contributed by atoms with Gasteiger partial charge in [0.25, 0.3) is 5.69 Å². The normalized spacial score (nSPS) is 12.8. The Kier molecular flexibility index (Phi) is 5.36. The number of benzene rings is 2. The molecule has 2 aromatic carbocycles. The van der Waals surface area contributed by atoms with Gasteiger partial charge in [-0.15, -0.1) is 0 Å². The van der Waals surface area contributed by atoms with E-state index in [1.807, 2.05) is 38.1 Å². The van der Waals surface area contributed by atoms with Crippen LogP contribution in [-0.4, -0.2) is 13.3 Å². The molecule has 0 bridgehead atoms. The highest BCUT2D eigenvalue weighted by atomic mass is 32.2. The number of non-ortho nitro benzene ring substituents is 1. The number of sulfonamides is 1. The molecule has 0 saturated carbocycles. The Morgan fingerprint density at radius 3 is 2.29 bits per heavy atom. The van der Waals surface area contributed by atoms with E-state index in [1.54, 1.807) is 6.92 Å². The van der Waals surface area contributed by atoms with Gasteiger partial charge in [0, 0.05) is 18.2 Å². The summed E-state index contributed by atoms with van der Waals surface area (Å²) in [5, 5.41) is 10.9. The van der Waals surface area contributed by atoms with Crippen LogP contribution in [0.3, 0.4) is 0 Å². The van der Waals surface area contributed by atoms with Gasteiger partial charge in [-0.1, -0.05) is 42.8 Å². The molecule has 0 radical (unpaired) electrons. The van der Waals surface area contributed by atoms with Crippen LogP contribution in [0, 0.1) is 24.0 Å². The average Bonchev–Trinajstić information content (AvgIpc) is 2.53. The molecule has 2 rings (SSSR count). The van der Waals surface area contributed by atoms with Crippen LogP contribution in [0.5, 0.6) is 0 Å². The second-order valence-corrected chi connectivity index (χ2v) is 7.38. The molecule has 128 valence electrons. The predicted molar refractivity (Wildman–Crippen MR) is 92.4 cm³/mol. The Morgan fingerprint density at radius 2 is 1.75 bits per heavy atom. The van der Waals surface area contributed by atoms with Gasteiger partial charge in [0.15, 0.2) is 0 Å². The van der Waals surface area contributed by atoms with Crippen LogP contribution < -0.4 is 4.72 Å². The predicted octanol–water partition coefficient (Wildman–Crippen LogP) is 3.64. The minimum Gasteiger partial charge on any atom is -0.258 e. The van der Waals surface area contributed by atoms with E-state index in [1.165, 1.54) is 12.1 Å². The van der Waals surface area contributed by atoms with Crippen molar-refractivity contribution in [1.29, 1.82) is 0 Å². The van der Waals surface area contributed by atoms with Gasteiger partial charge in [-0.3, -0.25) is 10.1 Å². The largest absolute Gasteiger partial charge is 0.270 e. The smallest absolute Gasteiger partial charge is 0.258 e. The zero-order valence-electron chi connectivity index (χ0n) is 13.8. The summed E-state index contributed by atoms with van der Waals surface area (Å²) in [6.45, 7) is 5.46. The van der Waals surface area contributed by atoms with E-state index in [9.17, 15) is 18.5 Å². The van der Waals surface area contributed by atoms with E-state index < -0.39 is 21.0 Å². The summed E-state index contributed by atoms with van der Waals surface area (Å²) in [6.07, 6.45) is 0.566. The maximum Gasteiger partial charge on any atom is 0.270 e. The zero-order chi connectivity index (χ0) is 17.9. The van der Waals surface area contributed by atoms with Gasteiger partial charge in [-0.2, -0.15) is 0 Å². The fourth-order valence-electron chi connectivity index (χ4n) is 2.43. The van der Waals surface area contributed by atoms with E-state index in [-0.39, 0.29) is 10.6 Å². The molecule has 2 aromatic rings. The van der Waals surface area contributed by atoms with Crippen molar-refractivity contribution in [3.63, 3.8) is 0 Å². The highest BCUT2D eigenvalue weighted by molar-refractivity contribution is 7.89. The molecule has 7 heteroatoms. The Morgan fingerprint density at radius 1 is 1.12 bits per heavy atom. The molecule has 0 aliphatic heterocycles. The lowest BCUT2D eigenvalue weighted by Gasteiger charge is -2.18. The van der Waals surface area contributed by atoms with Crippen molar-refractivity contribution < 1.29 is 13.3 Å². The lowest BCUT2D eigenvalue weighted by atomic mass is 10.0. The average molecular weight is 348 g/mol. The standard InChI is InChI=1S/C17H20N2O4S/c1-4-16(14-8-5-12(2)6-9-14)18-24(22,23)17-11-15(19(20)21)10-7-13(17)3/h5-11,16,18H,4H2,1-3H3. The Bertz CT molecular complexity index is 845. The Labute approximate surface area is 141 Å². The van der Waals surface area contributed by atoms with Gasteiger partial charge >= 0.3 is 0 Å². The fraction of sp³-hybridized carbons (Fsp3) is 0.294. The first-order valence-corrected chi connectivity index (χ1v) is 9.07.